The Labute approximate surface area is 182 Å². The number of carbonyl (C=O) groups excluding carboxylic acids is 1. The van der Waals surface area contributed by atoms with Gasteiger partial charge in [-0.2, -0.15) is 28.2 Å². The molecule has 1 aromatic carbocycles. The van der Waals surface area contributed by atoms with Crippen molar-refractivity contribution >= 4 is 11.7 Å². The standard InChI is InChI=1S/C21H22F3N7O/c1-13-5-6-17(31-27-7-8-28-31)15(10-13)20(32)30-9-3-4-16(14(30)2)29-19-12-25-18(11-26-19)21(22,23)24/h5-8,10-12,14,16H,3-4,9H2,1-2H3,(H,26,29)/t14-,16+/m0/s1. The molecule has 1 fully saturated rings. The molecule has 0 bridgehead atoms. The van der Waals surface area contributed by atoms with Crippen molar-refractivity contribution in [2.45, 2.75) is 44.9 Å². The summed E-state index contributed by atoms with van der Waals surface area (Å²) in [6.45, 7) is 4.38. The molecule has 1 aliphatic rings. The van der Waals surface area contributed by atoms with E-state index in [0.29, 0.717) is 24.0 Å². The number of hydrogen-bond acceptors (Lipinski definition) is 6. The molecule has 4 rings (SSSR count). The maximum Gasteiger partial charge on any atom is 0.434 e. The Bertz CT molecular complexity index is 1080. The lowest BCUT2D eigenvalue weighted by molar-refractivity contribution is -0.141. The fourth-order valence-electron chi connectivity index (χ4n) is 3.85. The summed E-state index contributed by atoms with van der Waals surface area (Å²) in [5, 5.41) is 11.4. The molecule has 1 saturated heterocycles. The number of anilines is 1. The number of aromatic nitrogens is 5. The predicted molar refractivity (Wildman–Crippen MR) is 110 cm³/mol. The summed E-state index contributed by atoms with van der Waals surface area (Å²) in [6, 6.07) is 5.11. The second kappa shape index (κ2) is 8.56. The summed E-state index contributed by atoms with van der Waals surface area (Å²) in [4.78, 5) is 24.0. The molecule has 2 atom stereocenters. The number of aryl methyl sites for hydroxylation is 1. The lowest BCUT2D eigenvalue weighted by Gasteiger charge is -2.40. The van der Waals surface area contributed by atoms with Gasteiger partial charge in [0.2, 0.25) is 0 Å². The van der Waals surface area contributed by atoms with Crippen molar-refractivity contribution in [1.29, 1.82) is 0 Å². The molecule has 0 aliphatic carbocycles. The zero-order valence-corrected chi connectivity index (χ0v) is 17.5. The normalized spacial score (nSPS) is 19.1. The molecule has 1 amide bonds. The Balaban J connectivity index is 1.54. The third-order valence-electron chi connectivity index (χ3n) is 5.54. The van der Waals surface area contributed by atoms with E-state index in [1.807, 2.05) is 32.0 Å². The molecule has 1 N–H and O–H groups in total. The number of piperidine rings is 1. The Morgan fingerprint density at radius 3 is 2.56 bits per heavy atom. The number of nitrogens with one attached hydrogen (secondary N) is 1. The molecular weight excluding hydrogens is 423 g/mol. The van der Waals surface area contributed by atoms with Gasteiger partial charge >= 0.3 is 6.18 Å². The Morgan fingerprint density at radius 2 is 1.91 bits per heavy atom. The van der Waals surface area contributed by atoms with Gasteiger partial charge in [-0.1, -0.05) is 11.6 Å². The third kappa shape index (κ3) is 4.41. The SMILES string of the molecule is Cc1ccc(-n2nccn2)c(C(=O)N2CCC[C@@H](Nc3cnc(C(F)(F)F)cn3)[C@@H]2C)c1. The molecule has 32 heavy (non-hydrogen) atoms. The van der Waals surface area contributed by atoms with Crippen LogP contribution in [0.25, 0.3) is 5.69 Å². The highest BCUT2D eigenvalue weighted by Gasteiger charge is 2.35. The minimum atomic E-state index is -4.54. The van der Waals surface area contributed by atoms with E-state index in [1.165, 1.54) is 4.80 Å². The number of rotatable bonds is 4. The van der Waals surface area contributed by atoms with Gasteiger partial charge in [0.25, 0.3) is 5.91 Å². The number of benzene rings is 1. The van der Waals surface area contributed by atoms with E-state index in [9.17, 15) is 18.0 Å². The van der Waals surface area contributed by atoms with Crippen LogP contribution in [0.2, 0.25) is 0 Å². The molecule has 0 unspecified atom stereocenters. The smallest absolute Gasteiger partial charge is 0.364 e. The van der Waals surface area contributed by atoms with Crippen molar-refractivity contribution < 1.29 is 18.0 Å². The molecule has 0 radical (unpaired) electrons. The molecule has 168 valence electrons. The number of halogens is 3. The highest BCUT2D eigenvalue weighted by molar-refractivity contribution is 5.98. The van der Waals surface area contributed by atoms with E-state index >= 15 is 0 Å². The summed E-state index contributed by atoms with van der Waals surface area (Å²) >= 11 is 0. The summed E-state index contributed by atoms with van der Waals surface area (Å²) in [5.74, 6) is 0.0830. The summed E-state index contributed by atoms with van der Waals surface area (Å²) < 4.78 is 38.2. The van der Waals surface area contributed by atoms with Gasteiger partial charge in [0.05, 0.1) is 36.0 Å². The topological polar surface area (TPSA) is 88.8 Å². The van der Waals surface area contributed by atoms with Gasteiger partial charge in [0.15, 0.2) is 5.69 Å². The third-order valence-corrected chi connectivity index (χ3v) is 5.54. The van der Waals surface area contributed by atoms with Crippen LogP contribution in [0, 0.1) is 6.92 Å². The fraction of sp³-hybridized carbons (Fsp3) is 0.381. The Kier molecular flexibility index (Phi) is 5.81. The van der Waals surface area contributed by atoms with Crippen LogP contribution < -0.4 is 5.32 Å². The first-order valence-electron chi connectivity index (χ1n) is 10.2. The van der Waals surface area contributed by atoms with Gasteiger partial charge in [-0.25, -0.2) is 9.97 Å². The summed E-state index contributed by atoms with van der Waals surface area (Å²) in [6.07, 6.45) is 1.80. The zero-order chi connectivity index (χ0) is 22.9. The summed E-state index contributed by atoms with van der Waals surface area (Å²) in [7, 11) is 0. The monoisotopic (exact) mass is 445 g/mol. The molecular formula is C21H22F3N7O. The minimum Gasteiger partial charge on any atom is -0.364 e. The van der Waals surface area contributed by atoms with Gasteiger partial charge in [-0.05, 0) is 38.8 Å². The number of carbonyl (C=O) groups is 1. The first kappa shape index (κ1) is 21.7. The lowest BCUT2D eigenvalue weighted by Crippen LogP contribution is -2.52. The summed E-state index contributed by atoms with van der Waals surface area (Å²) in [5.41, 5.74) is 0.962. The van der Waals surface area contributed by atoms with Crippen LogP contribution in [0.15, 0.2) is 43.0 Å². The fourth-order valence-corrected chi connectivity index (χ4v) is 3.85. The first-order chi connectivity index (χ1) is 15.2. The molecule has 0 saturated carbocycles. The molecule has 11 heteroatoms. The van der Waals surface area contributed by atoms with Gasteiger partial charge in [-0.15, -0.1) is 0 Å². The van der Waals surface area contributed by atoms with Crippen LogP contribution in [0.4, 0.5) is 19.0 Å². The number of likely N-dealkylation sites (tertiary alicyclic amines) is 1. The van der Waals surface area contributed by atoms with E-state index in [1.54, 1.807) is 17.3 Å². The second-order valence-corrected chi connectivity index (χ2v) is 7.76. The maximum absolute atomic E-state index is 13.5. The molecule has 0 spiro atoms. The van der Waals surface area contributed by atoms with Crippen molar-refractivity contribution in [3.05, 3.63) is 59.8 Å². The van der Waals surface area contributed by atoms with E-state index < -0.39 is 11.9 Å². The Morgan fingerprint density at radius 1 is 1.16 bits per heavy atom. The average molecular weight is 445 g/mol. The zero-order valence-electron chi connectivity index (χ0n) is 17.5. The van der Waals surface area contributed by atoms with Gasteiger partial charge < -0.3 is 10.2 Å². The van der Waals surface area contributed by atoms with Crippen molar-refractivity contribution in [2.24, 2.45) is 0 Å². The molecule has 3 heterocycles. The van der Waals surface area contributed by atoms with E-state index in [2.05, 4.69) is 25.5 Å². The quantitative estimate of drug-likeness (QED) is 0.662. The molecule has 3 aromatic rings. The van der Waals surface area contributed by atoms with Crippen LogP contribution in [0.1, 0.15) is 41.4 Å². The highest BCUT2D eigenvalue weighted by Crippen LogP contribution is 2.28. The van der Waals surface area contributed by atoms with E-state index in [0.717, 1.165) is 24.6 Å². The van der Waals surface area contributed by atoms with Crippen molar-refractivity contribution in [3.63, 3.8) is 0 Å². The molecule has 8 nitrogen and oxygen atoms in total. The molecule has 2 aromatic heterocycles. The van der Waals surface area contributed by atoms with Gasteiger partial charge in [-0.3, -0.25) is 4.79 Å². The predicted octanol–water partition coefficient (Wildman–Crippen LogP) is 3.49. The number of hydrogen-bond donors (Lipinski definition) is 1. The van der Waals surface area contributed by atoms with Crippen LogP contribution in [0.3, 0.4) is 0 Å². The van der Waals surface area contributed by atoms with Crippen molar-refractivity contribution in [2.75, 3.05) is 11.9 Å². The van der Waals surface area contributed by atoms with Crippen molar-refractivity contribution in [1.82, 2.24) is 29.9 Å². The van der Waals surface area contributed by atoms with Crippen molar-refractivity contribution in [3.8, 4) is 5.69 Å². The van der Waals surface area contributed by atoms with Crippen LogP contribution >= 0.6 is 0 Å². The maximum atomic E-state index is 13.5. The van der Waals surface area contributed by atoms with E-state index in [4.69, 9.17) is 0 Å². The second-order valence-electron chi connectivity index (χ2n) is 7.76. The largest absolute Gasteiger partial charge is 0.434 e. The number of nitrogens with zero attached hydrogens (tertiary/aromatic N) is 6. The average Bonchev–Trinajstić information content (AvgIpc) is 3.29. The number of amides is 1. The van der Waals surface area contributed by atoms with E-state index in [-0.39, 0.29) is 23.8 Å². The van der Waals surface area contributed by atoms with Gasteiger partial charge in [0.1, 0.15) is 5.82 Å². The highest BCUT2D eigenvalue weighted by atomic mass is 19.4. The Hall–Kier alpha value is -3.50. The van der Waals surface area contributed by atoms with Crippen LogP contribution in [-0.4, -0.2) is 54.4 Å². The number of alkyl halides is 3. The van der Waals surface area contributed by atoms with Crippen LogP contribution in [-0.2, 0) is 6.18 Å². The lowest BCUT2D eigenvalue weighted by atomic mass is 9.96. The minimum absolute atomic E-state index is 0.154. The van der Waals surface area contributed by atoms with Gasteiger partial charge in [0, 0.05) is 18.6 Å². The first-order valence-corrected chi connectivity index (χ1v) is 10.2. The molecule has 1 aliphatic heterocycles. The van der Waals surface area contributed by atoms with Crippen LogP contribution in [0.5, 0.6) is 0 Å².